The number of aliphatic carboxylic acids is 1. The van der Waals surface area contributed by atoms with Crippen LogP contribution in [0.3, 0.4) is 0 Å². The van der Waals surface area contributed by atoms with Gasteiger partial charge in [-0.15, -0.1) is 0 Å². The van der Waals surface area contributed by atoms with E-state index in [4.69, 9.17) is 4.74 Å². The lowest BCUT2D eigenvalue weighted by Gasteiger charge is -2.27. The van der Waals surface area contributed by atoms with Crippen molar-refractivity contribution in [1.82, 2.24) is 9.62 Å². The van der Waals surface area contributed by atoms with E-state index in [-0.39, 0.29) is 30.7 Å². The van der Waals surface area contributed by atoms with Crippen LogP contribution in [0.1, 0.15) is 36.5 Å². The van der Waals surface area contributed by atoms with Crippen LogP contribution in [0.25, 0.3) is 11.1 Å². The van der Waals surface area contributed by atoms with Crippen molar-refractivity contribution < 1.29 is 27.9 Å². The molecular formula is C30H34N2O6S. The summed E-state index contributed by atoms with van der Waals surface area (Å²) in [5.74, 6) is -1.76. The number of fused-ring (bicyclic) bond motifs is 3. The maximum atomic E-state index is 13.0. The molecule has 0 saturated carbocycles. The van der Waals surface area contributed by atoms with Gasteiger partial charge in [0.05, 0.1) is 11.8 Å². The smallest absolute Gasteiger partial charge is 0.407 e. The highest BCUT2D eigenvalue weighted by Gasteiger charge is 2.31. The standard InChI is InChI=1S/C30H34N2O6S/c1-21(2)20-39(36,37)32(18-29(33)34)17-23(16-22-10-4-3-5-11-22)31-30(35)38-19-28-26-14-8-6-12-24(26)25-13-7-9-15-27(25)28/h3-15,21,23,28H,16-20H2,1-2H3,(H,31,35)(H,33,34). The minimum Gasteiger partial charge on any atom is -0.480 e. The van der Waals surface area contributed by atoms with Gasteiger partial charge in [0.25, 0.3) is 0 Å². The molecule has 0 saturated heterocycles. The van der Waals surface area contributed by atoms with Crippen LogP contribution in [0.15, 0.2) is 78.9 Å². The fraction of sp³-hybridized carbons (Fsp3) is 0.333. The van der Waals surface area contributed by atoms with Gasteiger partial charge in [0, 0.05) is 12.5 Å². The predicted octanol–water partition coefficient (Wildman–Crippen LogP) is 4.51. The molecule has 1 unspecified atom stereocenters. The van der Waals surface area contributed by atoms with Crippen molar-refractivity contribution in [2.24, 2.45) is 5.92 Å². The second-order valence-electron chi connectivity index (χ2n) is 10.2. The van der Waals surface area contributed by atoms with Gasteiger partial charge < -0.3 is 15.2 Å². The van der Waals surface area contributed by atoms with Crippen molar-refractivity contribution in [3.05, 3.63) is 95.6 Å². The van der Waals surface area contributed by atoms with E-state index in [1.807, 2.05) is 66.7 Å². The zero-order chi connectivity index (χ0) is 28.0. The lowest BCUT2D eigenvalue weighted by Crippen LogP contribution is -2.49. The van der Waals surface area contributed by atoms with E-state index in [1.165, 1.54) is 0 Å². The second kappa shape index (κ2) is 12.4. The first-order valence-corrected chi connectivity index (χ1v) is 14.6. The molecule has 3 aromatic rings. The van der Waals surface area contributed by atoms with E-state index in [0.29, 0.717) is 6.42 Å². The van der Waals surface area contributed by atoms with Crippen molar-refractivity contribution in [2.75, 3.05) is 25.4 Å². The second-order valence-corrected chi connectivity index (χ2v) is 12.2. The number of carbonyl (C=O) groups is 2. The number of ether oxygens (including phenoxy) is 1. The summed E-state index contributed by atoms with van der Waals surface area (Å²) in [6.45, 7) is 2.75. The SMILES string of the molecule is CC(C)CS(=O)(=O)N(CC(=O)O)CC(Cc1ccccc1)NC(=O)OCC1c2ccccc2-c2ccccc21. The molecule has 0 aromatic heterocycles. The summed E-state index contributed by atoms with van der Waals surface area (Å²) in [5, 5.41) is 12.2. The number of carboxylic acids is 1. The first kappa shape index (κ1) is 28.3. The molecule has 0 heterocycles. The molecule has 0 aliphatic heterocycles. The summed E-state index contributed by atoms with van der Waals surface area (Å²) in [6, 6.07) is 24.7. The summed E-state index contributed by atoms with van der Waals surface area (Å²) >= 11 is 0. The summed E-state index contributed by atoms with van der Waals surface area (Å²) in [4.78, 5) is 24.6. The molecule has 1 aliphatic carbocycles. The van der Waals surface area contributed by atoms with Gasteiger partial charge in [-0.25, -0.2) is 13.2 Å². The Kier molecular flexibility index (Phi) is 9.04. The Hall–Kier alpha value is -3.69. The number of nitrogens with zero attached hydrogens (tertiary/aromatic N) is 1. The van der Waals surface area contributed by atoms with Crippen molar-refractivity contribution in [3.63, 3.8) is 0 Å². The molecule has 1 atom stereocenters. The Balaban J connectivity index is 1.50. The van der Waals surface area contributed by atoms with Crippen LogP contribution in [0.5, 0.6) is 0 Å². The van der Waals surface area contributed by atoms with E-state index in [9.17, 15) is 23.1 Å². The molecular weight excluding hydrogens is 516 g/mol. The topological polar surface area (TPSA) is 113 Å². The third-order valence-corrected chi connectivity index (χ3v) is 8.82. The summed E-state index contributed by atoms with van der Waals surface area (Å²) in [7, 11) is -3.87. The lowest BCUT2D eigenvalue weighted by molar-refractivity contribution is -0.137. The largest absolute Gasteiger partial charge is 0.480 e. The number of benzene rings is 3. The Morgan fingerprint density at radius 2 is 1.49 bits per heavy atom. The minimum atomic E-state index is -3.87. The number of carbonyl (C=O) groups excluding carboxylic acids is 1. The maximum absolute atomic E-state index is 13.0. The van der Waals surface area contributed by atoms with Crippen molar-refractivity contribution in [1.29, 1.82) is 0 Å². The Morgan fingerprint density at radius 1 is 0.923 bits per heavy atom. The quantitative estimate of drug-likeness (QED) is 0.343. The molecule has 9 heteroatoms. The number of amides is 1. The van der Waals surface area contributed by atoms with Crippen molar-refractivity contribution >= 4 is 22.1 Å². The molecule has 1 amide bonds. The van der Waals surface area contributed by atoms with E-state index >= 15 is 0 Å². The Labute approximate surface area is 229 Å². The summed E-state index contributed by atoms with van der Waals surface area (Å²) in [6.07, 6.45) is -0.382. The maximum Gasteiger partial charge on any atom is 0.407 e. The number of carboxylic acid groups (broad SMARTS) is 1. The van der Waals surface area contributed by atoms with Gasteiger partial charge in [0.15, 0.2) is 0 Å². The third kappa shape index (κ3) is 7.25. The van der Waals surface area contributed by atoms with Gasteiger partial charge in [-0.2, -0.15) is 4.31 Å². The van der Waals surface area contributed by atoms with Crippen LogP contribution in [0.4, 0.5) is 4.79 Å². The number of hydrogen-bond acceptors (Lipinski definition) is 5. The van der Waals surface area contributed by atoms with E-state index in [0.717, 1.165) is 32.1 Å². The van der Waals surface area contributed by atoms with Gasteiger partial charge in [-0.3, -0.25) is 4.79 Å². The minimum absolute atomic E-state index is 0.113. The molecule has 39 heavy (non-hydrogen) atoms. The molecule has 0 bridgehead atoms. The Morgan fingerprint density at radius 3 is 2.05 bits per heavy atom. The molecule has 0 fully saturated rings. The number of hydrogen-bond donors (Lipinski definition) is 2. The highest BCUT2D eigenvalue weighted by Crippen LogP contribution is 2.44. The van der Waals surface area contributed by atoms with Crippen molar-refractivity contribution in [3.8, 4) is 11.1 Å². The zero-order valence-electron chi connectivity index (χ0n) is 22.1. The number of sulfonamides is 1. The number of alkyl carbamates (subject to hydrolysis) is 1. The predicted molar refractivity (Wildman–Crippen MR) is 150 cm³/mol. The van der Waals surface area contributed by atoms with Gasteiger partial charge in [0.2, 0.25) is 10.0 Å². The summed E-state index contributed by atoms with van der Waals surface area (Å²) in [5.41, 5.74) is 5.27. The highest BCUT2D eigenvalue weighted by molar-refractivity contribution is 7.89. The van der Waals surface area contributed by atoms with Crippen LogP contribution in [-0.2, 0) is 26.0 Å². The average molecular weight is 551 g/mol. The van der Waals surface area contributed by atoms with Crippen LogP contribution >= 0.6 is 0 Å². The third-order valence-electron chi connectivity index (χ3n) is 6.66. The van der Waals surface area contributed by atoms with Gasteiger partial charge in [-0.1, -0.05) is 92.7 Å². The number of nitrogens with one attached hydrogen (secondary N) is 1. The van der Waals surface area contributed by atoms with Gasteiger partial charge in [-0.05, 0) is 40.2 Å². The first-order valence-electron chi connectivity index (χ1n) is 13.0. The fourth-order valence-corrected chi connectivity index (χ4v) is 6.83. The fourth-order valence-electron chi connectivity index (χ4n) is 5.07. The Bertz CT molecular complexity index is 1360. The molecule has 2 N–H and O–H groups in total. The number of rotatable bonds is 12. The average Bonchev–Trinajstić information content (AvgIpc) is 3.20. The van der Waals surface area contributed by atoms with E-state index in [1.54, 1.807) is 13.8 Å². The highest BCUT2D eigenvalue weighted by atomic mass is 32.2. The summed E-state index contributed by atoms with van der Waals surface area (Å²) < 4.78 is 32.6. The molecule has 4 rings (SSSR count). The molecule has 3 aromatic carbocycles. The van der Waals surface area contributed by atoms with Gasteiger partial charge >= 0.3 is 12.1 Å². The molecule has 1 aliphatic rings. The molecule has 0 spiro atoms. The van der Waals surface area contributed by atoms with Crippen molar-refractivity contribution in [2.45, 2.75) is 32.2 Å². The molecule has 206 valence electrons. The normalized spacial score (nSPS) is 13.6. The zero-order valence-corrected chi connectivity index (χ0v) is 22.9. The van der Waals surface area contributed by atoms with E-state index < -0.39 is 34.7 Å². The molecule has 8 nitrogen and oxygen atoms in total. The molecule has 0 radical (unpaired) electrons. The monoisotopic (exact) mass is 550 g/mol. The van der Waals surface area contributed by atoms with E-state index in [2.05, 4.69) is 17.4 Å². The van der Waals surface area contributed by atoms with Crippen LogP contribution < -0.4 is 5.32 Å². The van der Waals surface area contributed by atoms with Crippen LogP contribution in [0, 0.1) is 5.92 Å². The first-order chi connectivity index (χ1) is 18.6. The lowest BCUT2D eigenvalue weighted by atomic mass is 9.98. The van der Waals surface area contributed by atoms with Crippen LogP contribution in [-0.4, -0.2) is 61.4 Å². The van der Waals surface area contributed by atoms with Crippen LogP contribution in [0.2, 0.25) is 0 Å². The van der Waals surface area contributed by atoms with Gasteiger partial charge in [0.1, 0.15) is 13.2 Å².